The summed E-state index contributed by atoms with van der Waals surface area (Å²) in [5.74, 6) is 0. The van der Waals surface area contributed by atoms with Crippen LogP contribution in [0.25, 0.3) is 10.9 Å². The minimum Gasteiger partial charge on any atom is -0.392 e. The monoisotopic (exact) mass is 267 g/mol. The maximum Gasteiger partial charge on any atom is 0.101 e. The first kappa shape index (κ1) is 12.2. The number of aliphatic hydroxyl groups excluding tert-OH is 1. The molecule has 0 atom stereocenters. The van der Waals surface area contributed by atoms with Crippen LogP contribution in [-0.4, -0.2) is 10.1 Å². The molecule has 0 radical (unpaired) electrons. The summed E-state index contributed by atoms with van der Waals surface area (Å²) in [5.41, 5.74) is 1.94. The van der Waals surface area contributed by atoms with Gasteiger partial charge < -0.3 is 5.11 Å². The lowest BCUT2D eigenvalue weighted by Crippen LogP contribution is -1.84. The molecule has 0 fully saturated rings. The van der Waals surface area contributed by atoms with Crippen LogP contribution in [0.2, 0.25) is 0 Å². The van der Waals surface area contributed by atoms with E-state index in [1.54, 1.807) is 11.8 Å². The highest BCUT2D eigenvalue weighted by molar-refractivity contribution is 7.99. The molecule has 2 nitrogen and oxygen atoms in total. The predicted molar refractivity (Wildman–Crippen MR) is 78.2 cm³/mol. The SMILES string of the molecule is OCc1ccc(Sc2ccc3ccccc3n2)cc1. The number of hydrogen-bond acceptors (Lipinski definition) is 3. The Bertz CT molecular complexity index is 694. The van der Waals surface area contributed by atoms with Crippen molar-refractivity contribution in [3.63, 3.8) is 0 Å². The van der Waals surface area contributed by atoms with Crippen LogP contribution in [0.4, 0.5) is 0 Å². The van der Waals surface area contributed by atoms with Gasteiger partial charge in [-0.25, -0.2) is 4.98 Å². The van der Waals surface area contributed by atoms with Gasteiger partial charge in [-0.15, -0.1) is 0 Å². The molecule has 0 aliphatic carbocycles. The third-order valence-corrected chi connectivity index (χ3v) is 3.85. The molecule has 0 saturated heterocycles. The first-order valence-electron chi connectivity index (χ1n) is 6.08. The summed E-state index contributed by atoms with van der Waals surface area (Å²) in [6, 6.07) is 20.1. The van der Waals surface area contributed by atoms with Crippen molar-refractivity contribution in [3.8, 4) is 0 Å². The average molecular weight is 267 g/mol. The van der Waals surface area contributed by atoms with Crippen molar-refractivity contribution in [2.75, 3.05) is 0 Å². The Morgan fingerprint density at radius 3 is 2.47 bits per heavy atom. The zero-order valence-corrected chi connectivity index (χ0v) is 11.1. The van der Waals surface area contributed by atoms with Crippen LogP contribution in [0.1, 0.15) is 5.56 Å². The van der Waals surface area contributed by atoms with E-state index in [0.29, 0.717) is 0 Å². The molecular formula is C16H13NOS. The minimum absolute atomic E-state index is 0.0825. The van der Waals surface area contributed by atoms with E-state index in [1.165, 1.54) is 0 Å². The molecule has 19 heavy (non-hydrogen) atoms. The van der Waals surface area contributed by atoms with Crippen molar-refractivity contribution in [3.05, 3.63) is 66.2 Å². The van der Waals surface area contributed by atoms with Gasteiger partial charge in [0, 0.05) is 10.3 Å². The fourth-order valence-corrected chi connectivity index (χ4v) is 2.68. The molecule has 0 bridgehead atoms. The minimum atomic E-state index is 0.0825. The van der Waals surface area contributed by atoms with E-state index in [4.69, 9.17) is 5.11 Å². The molecule has 2 aromatic carbocycles. The fraction of sp³-hybridized carbons (Fsp3) is 0.0625. The lowest BCUT2D eigenvalue weighted by Gasteiger charge is -2.03. The molecule has 0 amide bonds. The average Bonchev–Trinajstić information content (AvgIpc) is 2.48. The van der Waals surface area contributed by atoms with E-state index in [2.05, 4.69) is 17.1 Å². The molecule has 3 aromatic rings. The largest absolute Gasteiger partial charge is 0.392 e. The normalized spacial score (nSPS) is 10.8. The van der Waals surface area contributed by atoms with Gasteiger partial charge in [0.05, 0.1) is 12.1 Å². The molecule has 0 spiro atoms. The summed E-state index contributed by atoms with van der Waals surface area (Å²) in [7, 11) is 0. The Labute approximate surface area is 116 Å². The maximum absolute atomic E-state index is 9.02. The van der Waals surface area contributed by atoms with E-state index in [9.17, 15) is 0 Å². The lowest BCUT2D eigenvalue weighted by molar-refractivity contribution is 0.282. The van der Waals surface area contributed by atoms with Crippen LogP contribution in [0.5, 0.6) is 0 Å². The van der Waals surface area contributed by atoms with Gasteiger partial charge in [-0.05, 0) is 29.8 Å². The first-order chi connectivity index (χ1) is 9.35. The number of rotatable bonds is 3. The quantitative estimate of drug-likeness (QED) is 0.781. The zero-order valence-electron chi connectivity index (χ0n) is 10.3. The topological polar surface area (TPSA) is 33.1 Å². The summed E-state index contributed by atoms with van der Waals surface area (Å²) < 4.78 is 0. The van der Waals surface area contributed by atoms with Crippen LogP contribution < -0.4 is 0 Å². The highest BCUT2D eigenvalue weighted by Gasteiger charge is 2.01. The summed E-state index contributed by atoms with van der Waals surface area (Å²) >= 11 is 1.63. The first-order valence-corrected chi connectivity index (χ1v) is 6.90. The Kier molecular flexibility index (Phi) is 3.49. The fourth-order valence-electron chi connectivity index (χ4n) is 1.89. The van der Waals surface area contributed by atoms with Crippen molar-refractivity contribution >= 4 is 22.7 Å². The maximum atomic E-state index is 9.02. The highest BCUT2D eigenvalue weighted by Crippen LogP contribution is 2.27. The van der Waals surface area contributed by atoms with Gasteiger partial charge in [-0.3, -0.25) is 0 Å². The Hall–Kier alpha value is -1.84. The number of aliphatic hydroxyl groups is 1. The van der Waals surface area contributed by atoms with Gasteiger partial charge in [0.15, 0.2) is 0 Å². The van der Waals surface area contributed by atoms with Crippen LogP contribution in [0.15, 0.2) is 70.6 Å². The summed E-state index contributed by atoms with van der Waals surface area (Å²) in [5, 5.41) is 11.2. The zero-order chi connectivity index (χ0) is 13.1. The summed E-state index contributed by atoms with van der Waals surface area (Å²) in [6.45, 7) is 0.0825. The number of nitrogens with zero attached hydrogens (tertiary/aromatic N) is 1. The van der Waals surface area contributed by atoms with Crippen molar-refractivity contribution < 1.29 is 5.11 Å². The highest BCUT2D eigenvalue weighted by atomic mass is 32.2. The molecule has 3 heteroatoms. The van der Waals surface area contributed by atoms with E-state index in [0.717, 1.165) is 26.4 Å². The van der Waals surface area contributed by atoms with Gasteiger partial charge in [0.1, 0.15) is 5.03 Å². The van der Waals surface area contributed by atoms with Crippen molar-refractivity contribution in [2.45, 2.75) is 16.5 Å². The van der Waals surface area contributed by atoms with Gasteiger partial charge in [-0.2, -0.15) is 0 Å². The van der Waals surface area contributed by atoms with Crippen LogP contribution in [-0.2, 0) is 6.61 Å². The van der Waals surface area contributed by atoms with E-state index >= 15 is 0 Å². The second-order valence-electron chi connectivity index (χ2n) is 4.25. The predicted octanol–water partition coefficient (Wildman–Crippen LogP) is 3.88. The molecule has 3 rings (SSSR count). The lowest BCUT2D eigenvalue weighted by atomic mass is 10.2. The van der Waals surface area contributed by atoms with Gasteiger partial charge >= 0.3 is 0 Å². The van der Waals surface area contributed by atoms with Crippen LogP contribution in [0.3, 0.4) is 0 Å². The second kappa shape index (κ2) is 5.43. The van der Waals surface area contributed by atoms with E-state index < -0.39 is 0 Å². The second-order valence-corrected chi connectivity index (χ2v) is 5.34. The molecule has 1 heterocycles. The van der Waals surface area contributed by atoms with Crippen molar-refractivity contribution in [2.24, 2.45) is 0 Å². The van der Waals surface area contributed by atoms with Crippen molar-refractivity contribution in [1.82, 2.24) is 4.98 Å². The smallest absolute Gasteiger partial charge is 0.101 e. The molecule has 0 unspecified atom stereocenters. The molecule has 94 valence electrons. The van der Waals surface area contributed by atoms with Crippen LogP contribution >= 0.6 is 11.8 Å². The van der Waals surface area contributed by atoms with Crippen LogP contribution in [0, 0.1) is 0 Å². The number of fused-ring (bicyclic) bond motifs is 1. The van der Waals surface area contributed by atoms with Gasteiger partial charge in [0.2, 0.25) is 0 Å². The molecule has 0 aliphatic heterocycles. The number of pyridine rings is 1. The summed E-state index contributed by atoms with van der Waals surface area (Å²) in [6.07, 6.45) is 0. The molecule has 0 saturated carbocycles. The Morgan fingerprint density at radius 1 is 0.895 bits per heavy atom. The summed E-state index contributed by atoms with van der Waals surface area (Å²) in [4.78, 5) is 5.75. The third kappa shape index (κ3) is 2.78. The molecule has 1 aromatic heterocycles. The van der Waals surface area contributed by atoms with E-state index in [1.807, 2.05) is 48.5 Å². The number of para-hydroxylation sites is 1. The van der Waals surface area contributed by atoms with Gasteiger partial charge in [-0.1, -0.05) is 48.2 Å². The Balaban J connectivity index is 1.87. The van der Waals surface area contributed by atoms with Crippen molar-refractivity contribution in [1.29, 1.82) is 0 Å². The van der Waals surface area contributed by atoms with Gasteiger partial charge in [0.25, 0.3) is 0 Å². The van der Waals surface area contributed by atoms with E-state index in [-0.39, 0.29) is 6.61 Å². The standard InChI is InChI=1S/C16H13NOS/c18-11-12-5-8-14(9-6-12)19-16-10-7-13-3-1-2-4-15(13)17-16/h1-10,18H,11H2. The molecule has 1 N–H and O–H groups in total. The molecule has 0 aliphatic rings. The molecular weight excluding hydrogens is 254 g/mol. The number of hydrogen-bond donors (Lipinski definition) is 1. The third-order valence-electron chi connectivity index (χ3n) is 2.90. The number of aromatic nitrogens is 1. The Morgan fingerprint density at radius 2 is 1.68 bits per heavy atom. The number of benzene rings is 2.